The van der Waals surface area contributed by atoms with Crippen molar-refractivity contribution in [2.24, 2.45) is 11.8 Å². The summed E-state index contributed by atoms with van der Waals surface area (Å²) in [6.07, 6.45) is 4.28. The average Bonchev–Trinajstić information content (AvgIpc) is 2.77. The Bertz CT molecular complexity index is 60.4. The molecular weight excluding hydrogens is 132 g/mol. The highest BCUT2D eigenvalue weighted by atomic mass is 14.2. The molecule has 0 aliphatic heterocycles. The molecular formula is C11H24. The summed E-state index contributed by atoms with van der Waals surface area (Å²) in [5, 5.41) is 0. The van der Waals surface area contributed by atoms with Crippen LogP contribution in [0.4, 0.5) is 0 Å². The zero-order valence-corrected chi connectivity index (χ0v) is 8.69. The minimum atomic E-state index is 0.884. The molecule has 0 amide bonds. The van der Waals surface area contributed by atoms with Gasteiger partial charge in [-0.2, -0.15) is 0 Å². The SMILES string of the molecule is C=C.CC1CC1.CCC(C)C. The van der Waals surface area contributed by atoms with Gasteiger partial charge in [0.2, 0.25) is 0 Å². The lowest BCUT2D eigenvalue weighted by atomic mass is 10.2. The highest BCUT2D eigenvalue weighted by Gasteiger charge is 2.12. The van der Waals surface area contributed by atoms with E-state index in [9.17, 15) is 0 Å². The Morgan fingerprint density at radius 1 is 1.27 bits per heavy atom. The summed E-state index contributed by atoms with van der Waals surface area (Å²) in [7, 11) is 0. The molecule has 0 aromatic rings. The van der Waals surface area contributed by atoms with Crippen molar-refractivity contribution in [2.75, 3.05) is 0 Å². The second kappa shape index (κ2) is 9.74. The highest BCUT2D eigenvalue weighted by molar-refractivity contribution is 4.65. The Kier molecular flexibility index (Phi) is 11.8. The monoisotopic (exact) mass is 156 g/mol. The molecule has 0 unspecified atom stereocenters. The molecule has 0 aromatic heterocycles. The normalized spacial score (nSPS) is 14.3. The molecule has 1 rings (SSSR count). The Morgan fingerprint density at radius 2 is 1.45 bits per heavy atom. The largest absolute Gasteiger partial charge is 0.106 e. The first kappa shape index (κ1) is 13.3. The minimum Gasteiger partial charge on any atom is -0.106 e. The van der Waals surface area contributed by atoms with Gasteiger partial charge in [0, 0.05) is 0 Å². The summed E-state index contributed by atoms with van der Waals surface area (Å²) in [6.45, 7) is 14.9. The third-order valence-corrected chi connectivity index (χ3v) is 1.68. The van der Waals surface area contributed by atoms with Crippen LogP contribution < -0.4 is 0 Å². The summed E-state index contributed by atoms with van der Waals surface area (Å²) in [5.41, 5.74) is 0. The molecule has 11 heavy (non-hydrogen) atoms. The maximum absolute atomic E-state index is 3.00. The zero-order valence-electron chi connectivity index (χ0n) is 8.69. The van der Waals surface area contributed by atoms with Gasteiger partial charge < -0.3 is 0 Å². The van der Waals surface area contributed by atoms with Gasteiger partial charge in [-0.25, -0.2) is 0 Å². The fourth-order valence-corrected chi connectivity index (χ4v) is 0.167. The van der Waals surface area contributed by atoms with Crippen LogP contribution in [0.25, 0.3) is 0 Å². The van der Waals surface area contributed by atoms with Crippen molar-refractivity contribution in [1.29, 1.82) is 0 Å². The topological polar surface area (TPSA) is 0 Å². The molecule has 0 nitrogen and oxygen atoms in total. The molecule has 0 aromatic carbocycles. The van der Waals surface area contributed by atoms with Gasteiger partial charge in [0.1, 0.15) is 0 Å². The van der Waals surface area contributed by atoms with Crippen LogP contribution in [-0.4, -0.2) is 0 Å². The second-order valence-corrected chi connectivity index (χ2v) is 3.48. The van der Waals surface area contributed by atoms with Crippen LogP contribution in [0.1, 0.15) is 47.0 Å². The summed E-state index contributed by atoms with van der Waals surface area (Å²) in [4.78, 5) is 0. The third-order valence-electron chi connectivity index (χ3n) is 1.68. The quantitative estimate of drug-likeness (QED) is 0.497. The first-order chi connectivity index (χ1) is 5.16. The molecule has 0 bridgehead atoms. The van der Waals surface area contributed by atoms with E-state index in [1.165, 1.54) is 19.3 Å². The van der Waals surface area contributed by atoms with Crippen LogP contribution in [-0.2, 0) is 0 Å². The number of rotatable bonds is 1. The summed E-state index contributed by atoms with van der Waals surface area (Å²) < 4.78 is 0. The molecule has 0 heteroatoms. The Balaban J connectivity index is 0. The van der Waals surface area contributed by atoms with Crippen molar-refractivity contribution >= 4 is 0 Å². The minimum absolute atomic E-state index is 0.884. The predicted octanol–water partition coefficient (Wildman–Crippen LogP) is 4.27. The van der Waals surface area contributed by atoms with Crippen LogP contribution in [0.5, 0.6) is 0 Å². The Labute approximate surface area is 72.7 Å². The van der Waals surface area contributed by atoms with E-state index >= 15 is 0 Å². The summed E-state index contributed by atoms with van der Waals surface area (Å²) >= 11 is 0. The average molecular weight is 156 g/mol. The van der Waals surface area contributed by atoms with Crippen molar-refractivity contribution in [3.8, 4) is 0 Å². The van der Waals surface area contributed by atoms with Gasteiger partial charge >= 0.3 is 0 Å². The van der Waals surface area contributed by atoms with E-state index in [0.717, 1.165) is 11.8 Å². The number of hydrogen-bond acceptors (Lipinski definition) is 0. The molecule has 0 spiro atoms. The van der Waals surface area contributed by atoms with Crippen LogP contribution in [0.15, 0.2) is 13.2 Å². The lowest BCUT2D eigenvalue weighted by Gasteiger charge is -1.90. The van der Waals surface area contributed by atoms with Crippen molar-refractivity contribution < 1.29 is 0 Å². The van der Waals surface area contributed by atoms with E-state index in [0.29, 0.717) is 0 Å². The summed E-state index contributed by atoms with van der Waals surface area (Å²) in [5.74, 6) is 1.97. The van der Waals surface area contributed by atoms with Crippen LogP contribution >= 0.6 is 0 Å². The molecule has 1 fully saturated rings. The van der Waals surface area contributed by atoms with E-state index in [1.807, 2.05) is 0 Å². The third kappa shape index (κ3) is 26.0. The molecule has 1 aliphatic rings. The number of hydrogen-bond donors (Lipinski definition) is 0. The van der Waals surface area contributed by atoms with E-state index in [2.05, 4.69) is 40.9 Å². The Hall–Kier alpha value is -0.260. The first-order valence-electron chi connectivity index (χ1n) is 4.66. The lowest BCUT2D eigenvalue weighted by molar-refractivity contribution is 0.626. The van der Waals surface area contributed by atoms with E-state index in [-0.39, 0.29) is 0 Å². The molecule has 0 saturated heterocycles. The fraction of sp³-hybridized carbons (Fsp3) is 0.818. The van der Waals surface area contributed by atoms with Crippen LogP contribution in [0, 0.1) is 11.8 Å². The maximum atomic E-state index is 3.00. The molecule has 0 radical (unpaired) electrons. The molecule has 1 saturated carbocycles. The van der Waals surface area contributed by atoms with Gasteiger partial charge in [-0.15, -0.1) is 13.2 Å². The smallest absolute Gasteiger partial charge is 0.0443 e. The maximum Gasteiger partial charge on any atom is -0.0443 e. The molecule has 0 atom stereocenters. The molecule has 68 valence electrons. The van der Waals surface area contributed by atoms with E-state index in [1.54, 1.807) is 0 Å². The van der Waals surface area contributed by atoms with Gasteiger partial charge in [0.05, 0.1) is 0 Å². The lowest BCUT2D eigenvalue weighted by Crippen LogP contribution is -1.77. The highest BCUT2D eigenvalue weighted by Crippen LogP contribution is 2.26. The van der Waals surface area contributed by atoms with E-state index in [4.69, 9.17) is 0 Å². The Morgan fingerprint density at radius 3 is 1.45 bits per heavy atom. The second-order valence-electron chi connectivity index (χ2n) is 3.48. The van der Waals surface area contributed by atoms with Crippen molar-refractivity contribution in [3.05, 3.63) is 13.2 Å². The van der Waals surface area contributed by atoms with E-state index < -0.39 is 0 Å². The first-order valence-corrected chi connectivity index (χ1v) is 4.66. The van der Waals surface area contributed by atoms with Crippen molar-refractivity contribution in [2.45, 2.75) is 47.0 Å². The van der Waals surface area contributed by atoms with Crippen LogP contribution in [0.2, 0.25) is 0 Å². The van der Waals surface area contributed by atoms with Gasteiger partial charge in [-0.1, -0.05) is 47.0 Å². The van der Waals surface area contributed by atoms with Crippen molar-refractivity contribution in [3.63, 3.8) is 0 Å². The zero-order chi connectivity index (χ0) is 9.28. The van der Waals surface area contributed by atoms with Gasteiger partial charge in [0.25, 0.3) is 0 Å². The van der Waals surface area contributed by atoms with Gasteiger partial charge in [-0.05, 0) is 11.8 Å². The van der Waals surface area contributed by atoms with Crippen LogP contribution in [0.3, 0.4) is 0 Å². The van der Waals surface area contributed by atoms with Gasteiger partial charge in [-0.3, -0.25) is 0 Å². The standard InChI is InChI=1S/C5H12.C4H8.C2H4/c1-4-5(2)3;1-4-2-3-4;1-2/h5H,4H2,1-3H3;4H,2-3H2,1H3;1-2H2. The van der Waals surface area contributed by atoms with Crippen molar-refractivity contribution in [1.82, 2.24) is 0 Å². The fourth-order valence-electron chi connectivity index (χ4n) is 0.167. The van der Waals surface area contributed by atoms with Gasteiger partial charge in [0.15, 0.2) is 0 Å². The summed E-state index contributed by atoms with van der Waals surface area (Å²) in [6, 6.07) is 0. The predicted molar refractivity (Wildman–Crippen MR) is 54.8 cm³/mol. The molecule has 0 N–H and O–H groups in total. The molecule has 1 aliphatic carbocycles. The molecule has 0 heterocycles.